The second kappa shape index (κ2) is 7.80. The Morgan fingerprint density at radius 3 is 2.67 bits per heavy atom. The first-order chi connectivity index (χ1) is 13.2. The predicted octanol–water partition coefficient (Wildman–Crippen LogP) is 3.12. The van der Waals surface area contributed by atoms with Crippen LogP contribution < -0.4 is 14.4 Å². The topological polar surface area (TPSA) is 42.0 Å². The number of anilines is 1. The van der Waals surface area contributed by atoms with Crippen LogP contribution in [0.3, 0.4) is 0 Å². The van der Waals surface area contributed by atoms with E-state index >= 15 is 0 Å². The molecular weight excluding hydrogens is 347 g/mol. The normalized spacial score (nSPS) is 16.9. The molecule has 2 aliphatic rings. The van der Waals surface area contributed by atoms with Crippen molar-refractivity contribution in [2.75, 3.05) is 44.2 Å². The maximum atomic E-state index is 13.9. The molecule has 0 unspecified atom stereocenters. The fourth-order valence-electron chi connectivity index (χ4n) is 3.34. The SMILES string of the molecule is O=C(CN1CCN(c2ccccc2F)CC1)c1ccc2c(c1)OCC=CO2. The number of ketones is 1. The van der Waals surface area contributed by atoms with Gasteiger partial charge in [-0.25, -0.2) is 4.39 Å². The highest BCUT2D eigenvalue weighted by Crippen LogP contribution is 2.30. The molecule has 0 saturated carbocycles. The van der Waals surface area contributed by atoms with Crippen LogP contribution in [0.5, 0.6) is 11.5 Å². The fraction of sp³-hybridized carbons (Fsp3) is 0.286. The van der Waals surface area contributed by atoms with Crippen LogP contribution in [0.15, 0.2) is 54.8 Å². The van der Waals surface area contributed by atoms with Gasteiger partial charge in [0.05, 0.1) is 18.5 Å². The van der Waals surface area contributed by atoms with Gasteiger partial charge in [0.25, 0.3) is 0 Å². The largest absolute Gasteiger partial charge is 0.485 e. The summed E-state index contributed by atoms with van der Waals surface area (Å²) < 4.78 is 25.0. The zero-order chi connectivity index (χ0) is 18.6. The average Bonchev–Trinajstić information content (AvgIpc) is 2.94. The highest BCUT2D eigenvalue weighted by atomic mass is 19.1. The van der Waals surface area contributed by atoms with Crippen LogP contribution in [0.4, 0.5) is 10.1 Å². The molecule has 0 bridgehead atoms. The van der Waals surface area contributed by atoms with Crippen LogP contribution in [0, 0.1) is 5.82 Å². The number of carbonyl (C=O) groups excluding carboxylic acids is 1. The van der Waals surface area contributed by atoms with Gasteiger partial charge in [-0.05, 0) is 36.4 Å². The highest BCUT2D eigenvalue weighted by Gasteiger charge is 2.22. The minimum atomic E-state index is -0.205. The van der Waals surface area contributed by atoms with Crippen LogP contribution in [0.25, 0.3) is 0 Å². The molecule has 2 heterocycles. The van der Waals surface area contributed by atoms with Crippen molar-refractivity contribution in [2.45, 2.75) is 0 Å². The van der Waals surface area contributed by atoms with Crippen molar-refractivity contribution in [3.05, 3.63) is 66.2 Å². The third-order valence-electron chi connectivity index (χ3n) is 4.82. The first-order valence-corrected chi connectivity index (χ1v) is 9.04. The van der Waals surface area contributed by atoms with Gasteiger partial charge in [0.15, 0.2) is 17.3 Å². The molecule has 2 aromatic carbocycles. The van der Waals surface area contributed by atoms with Gasteiger partial charge in [0, 0.05) is 31.7 Å². The van der Waals surface area contributed by atoms with Gasteiger partial charge in [-0.15, -0.1) is 0 Å². The lowest BCUT2D eigenvalue weighted by molar-refractivity contribution is 0.0926. The first-order valence-electron chi connectivity index (χ1n) is 9.04. The van der Waals surface area contributed by atoms with E-state index in [-0.39, 0.29) is 11.6 Å². The molecule has 27 heavy (non-hydrogen) atoms. The second-order valence-corrected chi connectivity index (χ2v) is 6.60. The molecule has 0 radical (unpaired) electrons. The number of carbonyl (C=O) groups is 1. The molecule has 0 aliphatic carbocycles. The highest BCUT2D eigenvalue weighted by molar-refractivity contribution is 5.98. The number of Topliss-reactive ketones (excluding diaryl/α,β-unsaturated/α-hetero) is 1. The number of hydrogen-bond acceptors (Lipinski definition) is 5. The van der Waals surface area contributed by atoms with Gasteiger partial charge >= 0.3 is 0 Å². The van der Waals surface area contributed by atoms with Crippen molar-refractivity contribution in [3.8, 4) is 11.5 Å². The number of piperazine rings is 1. The Labute approximate surface area is 157 Å². The van der Waals surface area contributed by atoms with Crippen LogP contribution in [-0.4, -0.2) is 50.0 Å². The molecule has 0 spiro atoms. The van der Waals surface area contributed by atoms with E-state index in [4.69, 9.17) is 9.47 Å². The second-order valence-electron chi connectivity index (χ2n) is 6.60. The van der Waals surface area contributed by atoms with Gasteiger partial charge in [0.1, 0.15) is 12.4 Å². The average molecular weight is 368 g/mol. The van der Waals surface area contributed by atoms with Gasteiger partial charge in [-0.3, -0.25) is 9.69 Å². The van der Waals surface area contributed by atoms with Gasteiger partial charge in [-0.1, -0.05) is 12.1 Å². The van der Waals surface area contributed by atoms with Crippen molar-refractivity contribution in [1.29, 1.82) is 0 Å². The minimum Gasteiger partial charge on any atom is -0.485 e. The van der Waals surface area contributed by atoms with E-state index < -0.39 is 0 Å². The molecular formula is C21H21FN2O3. The predicted molar refractivity (Wildman–Crippen MR) is 101 cm³/mol. The molecule has 0 amide bonds. The quantitative estimate of drug-likeness (QED) is 0.776. The Bertz CT molecular complexity index is 860. The van der Waals surface area contributed by atoms with Gasteiger partial charge in [-0.2, -0.15) is 0 Å². The minimum absolute atomic E-state index is 0.0398. The fourth-order valence-corrected chi connectivity index (χ4v) is 3.34. The molecule has 1 saturated heterocycles. The van der Waals surface area contributed by atoms with Crippen LogP contribution in [0.1, 0.15) is 10.4 Å². The molecule has 0 N–H and O–H groups in total. The molecule has 140 valence electrons. The monoisotopic (exact) mass is 368 g/mol. The molecule has 0 aromatic heterocycles. The van der Waals surface area contributed by atoms with E-state index in [1.807, 2.05) is 11.0 Å². The maximum absolute atomic E-state index is 13.9. The lowest BCUT2D eigenvalue weighted by atomic mass is 10.1. The van der Waals surface area contributed by atoms with Crippen molar-refractivity contribution in [2.24, 2.45) is 0 Å². The van der Waals surface area contributed by atoms with E-state index in [9.17, 15) is 9.18 Å². The third-order valence-corrected chi connectivity index (χ3v) is 4.82. The van der Waals surface area contributed by atoms with Crippen LogP contribution in [-0.2, 0) is 0 Å². The van der Waals surface area contributed by atoms with Crippen molar-refractivity contribution in [3.63, 3.8) is 0 Å². The summed E-state index contributed by atoms with van der Waals surface area (Å²) in [6.45, 7) is 3.58. The summed E-state index contributed by atoms with van der Waals surface area (Å²) in [4.78, 5) is 16.8. The number of fused-ring (bicyclic) bond motifs is 1. The molecule has 4 rings (SSSR count). The maximum Gasteiger partial charge on any atom is 0.176 e. The van der Waals surface area contributed by atoms with E-state index in [0.717, 1.165) is 0 Å². The lowest BCUT2D eigenvalue weighted by Gasteiger charge is -2.35. The Balaban J connectivity index is 1.36. The van der Waals surface area contributed by atoms with Crippen molar-refractivity contribution >= 4 is 11.5 Å². The molecule has 0 atom stereocenters. The number of hydrogen-bond donors (Lipinski definition) is 0. The van der Waals surface area contributed by atoms with E-state index in [1.165, 1.54) is 6.07 Å². The Morgan fingerprint density at radius 2 is 1.85 bits per heavy atom. The molecule has 6 heteroatoms. The smallest absolute Gasteiger partial charge is 0.176 e. The summed E-state index contributed by atoms with van der Waals surface area (Å²) in [5.41, 5.74) is 1.23. The lowest BCUT2D eigenvalue weighted by Crippen LogP contribution is -2.48. The molecule has 2 aliphatic heterocycles. The number of benzene rings is 2. The van der Waals surface area contributed by atoms with Crippen molar-refractivity contribution < 1.29 is 18.7 Å². The Hall–Kier alpha value is -2.86. The summed E-state index contributed by atoms with van der Waals surface area (Å²) in [6, 6.07) is 12.1. The number of rotatable bonds is 4. The zero-order valence-electron chi connectivity index (χ0n) is 14.9. The summed E-state index contributed by atoms with van der Waals surface area (Å²) in [7, 11) is 0. The Morgan fingerprint density at radius 1 is 1.04 bits per heavy atom. The van der Waals surface area contributed by atoms with Gasteiger partial charge < -0.3 is 14.4 Å². The third kappa shape index (κ3) is 3.95. The zero-order valence-corrected chi connectivity index (χ0v) is 14.9. The standard InChI is InChI=1S/C21H21FN2O3/c22-17-4-1-2-5-18(17)24-10-8-23(9-11-24)15-19(25)16-6-7-20-21(14-16)27-13-3-12-26-20/h1-7,12,14H,8-11,13,15H2. The Kier molecular flexibility index (Phi) is 5.07. The molecule has 2 aromatic rings. The van der Waals surface area contributed by atoms with Crippen LogP contribution in [0.2, 0.25) is 0 Å². The summed E-state index contributed by atoms with van der Waals surface area (Å²) in [5, 5.41) is 0. The van der Waals surface area contributed by atoms with Crippen LogP contribution >= 0.6 is 0 Å². The van der Waals surface area contributed by atoms with Crippen molar-refractivity contribution in [1.82, 2.24) is 4.90 Å². The van der Waals surface area contributed by atoms with E-state index in [0.29, 0.717) is 62.1 Å². The summed E-state index contributed by atoms with van der Waals surface area (Å²) in [5.74, 6) is 1.02. The number of para-hydroxylation sites is 1. The number of nitrogens with zero attached hydrogens (tertiary/aromatic N) is 2. The molecule has 5 nitrogen and oxygen atoms in total. The number of ether oxygens (including phenoxy) is 2. The van der Waals surface area contributed by atoms with Gasteiger partial charge in [0.2, 0.25) is 0 Å². The first kappa shape index (κ1) is 17.5. The summed E-state index contributed by atoms with van der Waals surface area (Å²) in [6.07, 6.45) is 3.36. The number of halogens is 1. The van der Waals surface area contributed by atoms with E-state index in [2.05, 4.69) is 4.90 Å². The summed E-state index contributed by atoms with van der Waals surface area (Å²) >= 11 is 0. The molecule has 1 fully saturated rings. The van der Waals surface area contributed by atoms with E-state index in [1.54, 1.807) is 42.7 Å².